The fourth-order valence-electron chi connectivity index (χ4n) is 2.53. The molecule has 21 heavy (non-hydrogen) atoms. The zero-order chi connectivity index (χ0) is 14.5. The molecule has 0 saturated carbocycles. The number of imidazole rings is 1. The highest BCUT2D eigenvalue weighted by Gasteiger charge is 2.06. The van der Waals surface area contributed by atoms with E-state index in [1.54, 1.807) is 6.20 Å². The Kier molecular flexibility index (Phi) is 4.26. The van der Waals surface area contributed by atoms with Crippen LogP contribution in [0.5, 0.6) is 0 Å². The lowest BCUT2D eigenvalue weighted by Crippen LogP contribution is -2.16. The number of rotatable bonds is 6. The Morgan fingerprint density at radius 2 is 2.05 bits per heavy atom. The lowest BCUT2D eigenvalue weighted by Gasteiger charge is -2.05. The van der Waals surface area contributed by atoms with Gasteiger partial charge in [-0.2, -0.15) is 0 Å². The maximum Gasteiger partial charge on any atom is 0.109 e. The zero-order valence-corrected chi connectivity index (χ0v) is 12.3. The van der Waals surface area contributed by atoms with Crippen molar-refractivity contribution in [2.75, 3.05) is 6.54 Å². The summed E-state index contributed by atoms with van der Waals surface area (Å²) >= 11 is 0. The van der Waals surface area contributed by atoms with Crippen LogP contribution in [0, 0.1) is 0 Å². The predicted octanol–water partition coefficient (Wildman–Crippen LogP) is 2.69. The number of hydrogen-bond donors (Lipinski definition) is 1. The van der Waals surface area contributed by atoms with Gasteiger partial charge in [-0.25, -0.2) is 4.98 Å². The van der Waals surface area contributed by atoms with Gasteiger partial charge in [-0.3, -0.25) is 4.98 Å². The van der Waals surface area contributed by atoms with Gasteiger partial charge in [0.2, 0.25) is 0 Å². The number of fused-ring (bicyclic) bond motifs is 1. The minimum absolute atomic E-state index is 0.871. The van der Waals surface area contributed by atoms with Crippen molar-refractivity contribution in [3.8, 4) is 0 Å². The molecule has 0 aliphatic carbocycles. The third kappa shape index (κ3) is 3.28. The van der Waals surface area contributed by atoms with E-state index < -0.39 is 0 Å². The highest BCUT2D eigenvalue weighted by atomic mass is 15.1. The average molecular weight is 280 g/mol. The first-order valence-corrected chi connectivity index (χ1v) is 7.34. The van der Waals surface area contributed by atoms with Crippen LogP contribution in [0.4, 0.5) is 0 Å². The van der Waals surface area contributed by atoms with E-state index in [9.17, 15) is 0 Å². The molecule has 3 rings (SSSR count). The quantitative estimate of drug-likeness (QED) is 0.706. The Morgan fingerprint density at radius 1 is 1.14 bits per heavy atom. The molecular weight excluding hydrogens is 260 g/mol. The summed E-state index contributed by atoms with van der Waals surface area (Å²) in [6.45, 7) is 1.86. The second-order valence-electron chi connectivity index (χ2n) is 5.22. The van der Waals surface area contributed by atoms with Crippen molar-refractivity contribution >= 4 is 11.0 Å². The number of nitrogens with zero attached hydrogens (tertiary/aromatic N) is 3. The molecular formula is C17H20N4. The number of para-hydroxylation sites is 2. The third-order valence-electron chi connectivity index (χ3n) is 3.69. The first kappa shape index (κ1) is 13.8. The normalized spacial score (nSPS) is 11.1. The summed E-state index contributed by atoms with van der Waals surface area (Å²) in [4.78, 5) is 8.81. The summed E-state index contributed by atoms with van der Waals surface area (Å²) in [6, 6.07) is 12.3. The number of aryl methyl sites for hydroxylation is 2. The van der Waals surface area contributed by atoms with E-state index >= 15 is 0 Å². The number of nitrogens with one attached hydrogen (secondary N) is 1. The summed E-state index contributed by atoms with van der Waals surface area (Å²) in [5.41, 5.74) is 3.51. The topological polar surface area (TPSA) is 42.7 Å². The van der Waals surface area contributed by atoms with Crippen LogP contribution in [-0.2, 0) is 20.0 Å². The minimum Gasteiger partial charge on any atom is -0.331 e. The molecule has 0 unspecified atom stereocenters. The molecule has 0 saturated heterocycles. The van der Waals surface area contributed by atoms with Crippen LogP contribution in [0.3, 0.4) is 0 Å². The van der Waals surface area contributed by atoms with Crippen LogP contribution >= 0.6 is 0 Å². The van der Waals surface area contributed by atoms with E-state index in [0.29, 0.717) is 0 Å². The second-order valence-corrected chi connectivity index (χ2v) is 5.22. The largest absolute Gasteiger partial charge is 0.331 e. The van der Waals surface area contributed by atoms with E-state index in [2.05, 4.69) is 46.2 Å². The molecule has 108 valence electrons. The number of benzene rings is 1. The Labute approximate surface area is 124 Å². The molecule has 0 atom stereocenters. The number of pyridine rings is 1. The highest BCUT2D eigenvalue weighted by molar-refractivity contribution is 5.75. The summed E-state index contributed by atoms with van der Waals surface area (Å²) in [6.07, 6.45) is 5.77. The van der Waals surface area contributed by atoms with Crippen molar-refractivity contribution in [1.29, 1.82) is 0 Å². The Balaban J connectivity index is 1.49. The average Bonchev–Trinajstić information content (AvgIpc) is 2.85. The van der Waals surface area contributed by atoms with Crippen LogP contribution in [-0.4, -0.2) is 21.1 Å². The van der Waals surface area contributed by atoms with Crippen LogP contribution in [0.1, 0.15) is 17.8 Å². The third-order valence-corrected chi connectivity index (χ3v) is 3.69. The van der Waals surface area contributed by atoms with Gasteiger partial charge < -0.3 is 9.88 Å². The van der Waals surface area contributed by atoms with Crippen LogP contribution < -0.4 is 5.32 Å². The highest BCUT2D eigenvalue weighted by Crippen LogP contribution is 2.14. The fourth-order valence-corrected chi connectivity index (χ4v) is 2.53. The molecule has 0 bridgehead atoms. The van der Waals surface area contributed by atoms with E-state index in [4.69, 9.17) is 4.98 Å². The molecule has 0 amide bonds. The molecule has 2 aromatic heterocycles. The molecule has 0 spiro atoms. The molecule has 0 aliphatic rings. The van der Waals surface area contributed by atoms with Gasteiger partial charge in [0.1, 0.15) is 5.82 Å². The van der Waals surface area contributed by atoms with Gasteiger partial charge >= 0.3 is 0 Å². The summed E-state index contributed by atoms with van der Waals surface area (Å²) in [5.74, 6) is 1.15. The van der Waals surface area contributed by atoms with Crippen LogP contribution in [0.25, 0.3) is 11.0 Å². The standard InChI is InChI=1S/C17H20N4/c1-21-16-8-3-2-7-15(16)20-17(21)9-5-11-19-13-14-6-4-10-18-12-14/h2-4,6-8,10,12,19H,5,9,11,13H2,1H3. The van der Waals surface area contributed by atoms with Crippen molar-refractivity contribution in [2.45, 2.75) is 19.4 Å². The molecule has 3 aromatic rings. The number of aromatic nitrogens is 3. The lowest BCUT2D eigenvalue weighted by molar-refractivity contribution is 0.630. The van der Waals surface area contributed by atoms with E-state index in [-0.39, 0.29) is 0 Å². The second kappa shape index (κ2) is 6.50. The van der Waals surface area contributed by atoms with Gasteiger partial charge in [-0.15, -0.1) is 0 Å². The van der Waals surface area contributed by atoms with Gasteiger partial charge in [0.05, 0.1) is 11.0 Å². The molecule has 0 aliphatic heterocycles. The zero-order valence-electron chi connectivity index (χ0n) is 12.3. The van der Waals surface area contributed by atoms with Gasteiger partial charge in [-0.1, -0.05) is 18.2 Å². The van der Waals surface area contributed by atoms with Crippen LogP contribution in [0.2, 0.25) is 0 Å². The summed E-state index contributed by atoms with van der Waals surface area (Å²) < 4.78 is 2.19. The molecule has 1 N–H and O–H groups in total. The molecule has 0 radical (unpaired) electrons. The number of hydrogen-bond acceptors (Lipinski definition) is 3. The van der Waals surface area contributed by atoms with Crippen molar-refractivity contribution in [3.05, 3.63) is 60.2 Å². The Hall–Kier alpha value is -2.20. The van der Waals surface area contributed by atoms with Crippen molar-refractivity contribution in [1.82, 2.24) is 19.9 Å². The predicted molar refractivity (Wildman–Crippen MR) is 85.0 cm³/mol. The van der Waals surface area contributed by atoms with Gasteiger partial charge in [0, 0.05) is 32.4 Å². The van der Waals surface area contributed by atoms with Gasteiger partial charge in [-0.05, 0) is 36.7 Å². The van der Waals surface area contributed by atoms with Gasteiger partial charge in [0.25, 0.3) is 0 Å². The van der Waals surface area contributed by atoms with Crippen LogP contribution in [0.15, 0.2) is 48.8 Å². The molecule has 4 nitrogen and oxygen atoms in total. The van der Waals surface area contributed by atoms with Crippen molar-refractivity contribution in [2.24, 2.45) is 7.05 Å². The summed E-state index contributed by atoms with van der Waals surface area (Å²) in [7, 11) is 2.09. The van der Waals surface area contributed by atoms with Crippen molar-refractivity contribution < 1.29 is 0 Å². The lowest BCUT2D eigenvalue weighted by atomic mass is 10.2. The van der Waals surface area contributed by atoms with E-state index in [0.717, 1.165) is 37.3 Å². The maximum absolute atomic E-state index is 4.69. The van der Waals surface area contributed by atoms with Crippen molar-refractivity contribution in [3.63, 3.8) is 0 Å². The summed E-state index contributed by atoms with van der Waals surface area (Å²) in [5, 5.41) is 3.45. The van der Waals surface area contributed by atoms with Gasteiger partial charge in [0.15, 0.2) is 0 Å². The Bertz CT molecular complexity index is 703. The molecule has 2 heterocycles. The fraction of sp³-hybridized carbons (Fsp3) is 0.294. The van der Waals surface area contributed by atoms with E-state index in [1.807, 2.05) is 18.3 Å². The molecule has 0 fully saturated rings. The Morgan fingerprint density at radius 3 is 2.86 bits per heavy atom. The minimum atomic E-state index is 0.871. The molecule has 4 heteroatoms. The first-order chi connectivity index (χ1) is 10.3. The monoisotopic (exact) mass is 280 g/mol. The smallest absolute Gasteiger partial charge is 0.109 e. The maximum atomic E-state index is 4.69. The molecule has 1 aromatic carbocycles. The van der Waals surface area contributed by atoms with E-state index in [1.165, 1.54) is 11.1 Å². The first-order valence-electron chi connectivity index (χ1n) is 7.34. The SMILES string of the molecule is Cn1c(CCCNCc2cccnc2)nc2ccccc21.